The molecule has 0 saturated carbocycles. The van der Waals surface area contributed by atoms with Gasteiger partial charge in [-0.1, -0.05) is 5.92 Å². The van der Waals surface area contributed by atoms with Gasteiger partial charge in [-0.25, -0.2) is 31.3 Å². The minimum absolute atomic E-state index is 0.0362. The van der Waals surface area contributed by atoms with Crippen LogP contribution >= 0.6 is 0 Å². The van der Waals surface area contributed by atoms with Gasteiger partial charge < -0.3 is 10.0 Å². The number of halogens is 3. The summed E-state index contributed by atoms with van der Waals surface area (Å²) in [4.78, 5) is 15.8. The molecule has 1 aromatic heterocycles. The Morgan fingerprint density at radius 2 is 1.76 bits per heavy atom. The molecule has 1 aliphatic heterocycles. The van der Waals surface area contributed by atoms with Crippen molar-refractivity contribution in [2.24, 2.45) is 0 Å². The van der Waals surface area contributed by atoms with Crippen molar-refractivity contribution >= 4 is 37.6 Å². The zero-order valence-electron chi connectivity index (χ0n) is 19.2. The fraction of sp³-hybridized carbons (Fsp3) is 0.333. The van der Waals surface area contributed by atoms with Gasteiger partial charge in [0.25, 0.3) is 0 Å². The van der Waals surface area contributed by atoms with E-state index in [2.05, 4.69) is 16.8 Å². The maximum absolute atomic E-state index is 13.1. The molecule has 0 aliphatic carbocycles. The number of benzene rings is 1. The third-order valence-corrected chi connectivity index (χ3v) is 8.47. The van der Waals surface area contributed by atoms with Gasteiger partial charge in [-0.15, -0.1) is 5.92 Å². The smallest absolute Gasteiger partial charge is 0.410 e. The highest BCUT2D eigenvalue weighted by atomic mass is 32.2. The first-order valence-electron chi connectivity index (χ1n) is 10.5. The van der Waals surface area contributed by atoms with E-state index in [1.165, 1.54) is 33.3 Å². The Labute approximate surface area is 211 Å². The molecule has 2 heterocycles. The molecule has 0 bridgehead atoms. The van der Waals surface area contributed by atoms with Crippen molar-refractivity contribution in [3.05, 3.63) is 42.6 Å². The summed E-state index contributed by atoms with van der Waals surface area (Å²) in [7, 11) is -8.37. The Bertz CT molecular complexity index is 1400. The van der Waals surface area contributed by atoms with E-state index >= 15 is 0 Å². The number of sulfonamides is 2. The lowest BCUT2D eigenvalue weighted by Gasteiger charge is -2.39. The van der Waals surface area contributed by atoms with Gasteiger partial charge >= 0.3 is 12.3 Å². The second-order valence-electron chi connectivity index (χ2n) is 7.71. The van der Waals surface area contributed by atoms with E-state index < -0.39 is 44.9 Å². The first kappa shape index (κ1) is 28.2. The van der Waals surface area contributed by atoms with E-state index in [0.717, 1.165) is 18.3 Å². The molecule has 200 valence electrons. The predicted molar refractivity (Wildman–Crippen MR) is 127 cm³/mol. The summed E-state index contributed by atoms with van der Waals surface area (Å²) in [5.41, 5.74) is 0.505. The van der Waals surface area contributed by atoms with E-state index in [-0.39, 0.29) is 35.2 Å². The van der Waals surface area contributed by atoms with Gasteiger partial charge in [0.1, 0.15) is 23.3 Å². The van der Waals surface area contributed by atoms with Gasteiger partial charge in [0, 0.05) is 31.5 Å². The van der Waals surface area contributed by atoms with Crippen molar-refractivity contribution < 1.29 is 39.9 Å². The molecule has 11 nitrogen and oxygen atoms in total. The lowest BCUT2D eigenvalue weighted by molar-refractivity contribution is -0.121. The summed E-state index contributed by atoms with van der Waals surface area (Å²) in [6.07, 6.45) is -5.00. The van der Waals surface area contributed by atoms with Crippen molar-refractivity contribution in [3.63, 3.8) is 0 Å². The number of hydrogen-bond acceptors (Lipinski definition) is 7. The number of carboxylic acid groups (broad SMARTS) is 1. The van der Waals surface area contributed by atoms with E-state index in [9.17, 15) is 34.8 Å². The molecule has 1 saturated heterocycles. The normalized spacial score (nSPS) is 17.1. The Kier molecular flexibility index (Phi) is 8.32. The van der Waals surface area contributed by atoms with Crippen LogP contribution in [-0.4, -0.2) is 75.7 Å². The third kappa shape index (κ3) is 7.10. The van der Waals surface area contributed by atoms with Crippen molar-refractivity contribution in [1.82, 2.24) is 14.0 Å². The second kappa shape index (κ2) is 10.9. The predicted octanol–water partition coefficient (Wildman–Crippen LogP) is 1.91. The molecule has 3 N–H and O–H groups in total. The molecule has 16 heteroatoms. The number of amides is 1. The van der Waals surface area contributed by atoms with Crippen LogP contribution in [0.4, 0.5) is 29.5 Å². The molecule has 1 aromatic carbocycles. The maximum Gasteiger partial charge on any atom is 0.410 e. The molecule has 1 unspecified atom stereocenters. The van der Waals surface area contributed by atoms with Gasteiger partial charge in [-0.3, -0.25) is 5.32 Å². The lowest BCUT2D eigenvalue weighted by Crippen LogP contribution is -2.54. The second-order valence-corrected chi connectivity index (χ2v) is 11.4. The quantitative estimate of drug-likeness (QED) is 0.434. The van der Waals surface area contributed by atoms with Crippen LogP contribution in [0.2, 0.25) is 0 Å². The Balaban J connectivity index is 1.77. The maximum atomic E-state index is 13.1. The number of alkyl halides is 3. The average molecular weight is 562 g/mol. The zero-order valence-corrected chi connectivity index (χ0v) is 20.9. The first-order valence-corrected chi connectivity index (χ1v) is 13.5. The number of rotatable bonds is 7. The van der Waals surface area contributed by atoms with Crippen LogP contribution in [0.15, 0.2) is 52.4 Å². The highest BCUT2D eigenvalue weighted by Crippen LogP contribution is 2.26. The summed E-state index contributed by atoms with van der Waals surface area (Å²) in [6, 6.07) is 6.98. The van der Waals surface area contributed by atoms with Crippen LogP contribution in [0.3, 0.4) is 0 Å². The van der Waals surface area contributed by atoms with E-state index in [1.54, 1.807) is 11.8 Å². The summed E-state index contributed by atoms with van der Waals surface area (Å²) in [5.74, 6) is 5.62. The fourth-order valence-electron chi connectivity index (χ4n) is 3.52. The number of nitrogens with zero attached hydrogens (tertiary/aromatic N) is 3. The van der Waals surface area contributed by atoms with Crippen LogP contribution in [0.5, 0.6) is 0 Å². The highest BCUT2D eigenvalue weighted by Gasteiger charge is 2.34. The van der Waals surface area contributed by atoms with Crippen molar-refractivity contribution in [1.29, 1.82) is 0 Å². The number of piperazine rings is 1. The van der Waals surface area contributed by atoms with Crippen molar-refractivity contribution in [3.8, 4) is 11.8 Å². The van der Waals surface area contributed by atoms with E-state index in [4.69, 9.17) is 5.11 Å². The third-order valence-electron chi connectivity index (χ3n) is 5.20. The highest BCUT2D eigenvalue weighted by molar-refractivity contribution is 7.89. The summed E-state index contributed by atoms with van der Waals surface area (Å²) in [6.45, 7) is 0.0722. The van der Waals surface area contributed by atoms with Crippen LogP contribution in [0.1, 0.15) is 6.92 Å². The van der Waals surface area contributed by atoms with Crippen LogP contribution in [0.25, 0.3) is 0 Å². The fourth-order valence-corrected chi connectivity index (χ4v) is 5.92. The Hall–Kier alpha value is -3.39. The number of aromatic nitrogens is 1. The first-order chi connectivity index (χ1) is 17.2. The molecule has 1 amide bonds. The van der Waals surface area contributed by atoms with Gasteiger partial charge in [0.05, 0.1) is 4.90 Å². The lowest BCUT2D eigenvalue weighted by atomic mass is 10.1. The summed E-state index contributed by atoms with van der Waals surface area (Å²) >= 11 is 0. The zero-order chi connectivity index (χ0) is 27.4. The van der Waals surface area contributed by atoms with Crippen molar-refractivity contribution in [2.45, 2.75) is 28.9 Å². The number of nitrogens with one attached hydrogen (secondary N) is 2. The Morgan fingerprint density at radius 3 is 2.30 bits per heavy atom. The van der Waals surface area contributed by atoms with Gasteiger partial charge in [-0.2, -0.15) is 17.5 Å². The largest absolute Gasteiger partial charge is 0.465 e. The minimum atomic E-state index is -4.70. The molecule has 0 radical (unpaired) electrons. The SMILES string of the molecule is CC#CC1CN(S(=O)(=O)c2ccc(NC(=O)O)nc2)CCN1c1ccc(S(=O)(=O)NCC(F)(F)F)cc1. The number of pyridine rings is 1. The van der Waals surface area contributed by atoms with Gasteiger partial charge in [0.15, 0.2) is 0 Å². The molecule has 37 heavy (non-hydrogen) atoms. The Morgan fingerprint density at radius 1 is 1.11 bits per heavy atom. The van der Waals surface area contributed by atoms with Crippen LogP contribution in [-0.2, 0) is 20.0 Å². The number of anilines is 2. The topological polar surface area (TPSA) is 149 Å². The molecule has 3 rings (SSSR count). The molecule has 1 fully saturated rings. The van der Waals surface area contributed by atoms with Crippen molar-refractivity contribution in [2.75, 3.05) is 36.4 Å². The molecule has 2 aromatic rings. The van der Waals surface area contributed by atoms with Crippen LogP contribution < -0.4 is 14.9 Å². The molecule has 1 aliphatic rings. The molecular weight excluding hydrogens is 539 g/mol. The number of carbonyl (C=O) groups is 1. The van der Waals surface area contributed by atoms with E-state index in [0.29, 0.717) is 5.69 Å². The molecule has 1 atom stereocenters. The molecule has 0 spiro atoms. The monoisotopic (exact) mass is 561 g/mol. The number of hydrogen-bond donors (Lipinski definition) is 3. The summed E-state index contributed by atoms with van der Waals surface area (Å²) in [5, 5.41) is 10.8. The molecular formula is C21H22F3N5O6S2. The van der Waals surface area contributed by atoms with Gasteiger partial charge in [-0.05, 0) is 43.3 Å². The van der Waals surface area contributed by atoms with Crippen LogP contribution in [0, 0.1) is 11.8 Å². The van der Waals surface area contributed by atoms with E-state index in [1.807, 2.05) is 5.32 Å². The standard InChI is InChI=1S/C21H22F3N5O6S2/c1-2-3-16-13-28(37(34,35)18-8-9-19(25-12-18)27-20(30)31)10-11-29(16)15-4-6-17(7-5-15)36(32,33)26-14-21(22,23)24/h4-9,12,16,26H,10-11,13-14H2,1H3,(H,25,27)(H,30,31). The minimum Gasteiger partial charge on any atom is -0.465 e. The summed E-state index contributed by atoms with van der Waals surface area (Å²) < 4.78 is 90.4. The van der Waals surface area contributed by atoms with Gasteiger partial charge in [0.2, 0.25) is 20.0 Å². The average Bonchev–Trinajstić information content (AvgIpc) is 2.83.